The Kier molecular flexibility index (Phi) is 5.99. The van der Waals surface area contributed by atoms with Crippen molar-refractivity contribution >= 4 is 34.2 Å². The first kappa shape index (κ1) is 22.7. The molecule has 0 spiro atoms. The zero-order valence-corrected chi connectivity index (χ0v) is 20.6. The van der Waals surface area contributed by atoms with Crippen LogP contribution in [-0.4, -0.2) is 60.7 Å². The van der Waals surface area contributed by atoms with Crippen LogP contribution in [0.15, 0.2) is 40.1 Å². The fraction of sp³-hybridized carbons (Fsp3) is 0.458. The number of anilines is 1. The molecular weight excluding hydrogens is 454 g/mol. The van der Waals surface area contributed by atoms with Gasteiger partial charge in [-0.15, -0.1) is 0 Å². The molecule has 0 amide bonds. The van der Waals surface area contributed by atoms with Crippen LogP contribution in [0.5, 0.6) is 0 Å². The SMILES string of the molecule is Cc1cn2c3c(=O)n(C)c(=O)n(C)c3nc2n1CCCCN1CCN(c2cccc(Cl)c2)CC1. The van der Waals surface area contributed by atoms with Crippen molar-refractivity contribution in [1.82, 2.24) is 28.0 Å². The molecule has 0 bridgehead atoms. The first-order chi connectivity index (χ1) is 16.3. The standard InChI is InChI=1S/C24H30ClN7O2/c1-17-16-32-20-21(27(2)24(34)28(3)22(20)33)26-23(32)31(17)10-5-4-9-29-11-13-30(14-12-29)19-8-6-7-18(25)15-19/h6-8,15-16H,4-5,9-14H2,1-3H3. The molecule has 1 saturated heterocycles. The van der Waals surface area contributed by atoms with Crippen molar-refractivity contribution in [1.29, 1.82) is 0 Å². The quantitative estimate of drug-likeness (QED) is 0.393. The van der Waals surface area contributed by atoms with Gasteiger partial charge in [0.15, 0.2) is 11.2 Å². The number of halogens is 1. The van der Waals surface area contributed by atoms with Crippen LogP contribution in [0, 0.1) is 6.92 Å². The molecule has 1 fully saturated rings. The maximum atomic E-state index is 12.7. The van der Waals surface area contributed by atoms with E-state index in [-0.39, 0.29) is 11.2 Å². The van der Waals surface area contributed by atoms with Crippen LogP contribution in [-0.2, 0) is 20.6 Å². The lowest BCUT2D eigenvalue weighted by Gasteiger charge is -2.36. The van der Waals surface area contributed by atoms with Crippen LogP contribution < -0.4 is 16.1 Å². The molecular formula is C24H30ClN7O2. The second kappa shape index (κ2) is 8.96. The normalized spacial score (nSPS) is 15.1. The first-order valence-corrected chi connectivity index (χ1v) is 12.1. The highest BCUT2D eigenvalue weighted by Gasteiger charge is 2.20. The van der Waals surface area contributed by atoms with Gasteiger partial charge >= 0.3 is 5.69 Å². The van der Waals surface area contributed by atoms with Crippen LogP contribution >= 0.6 is 11.6 Å². The smallest absolute Gasteiger partial charge is 0.332 e. The van der Waals surface area contributed by atoms with Crippen LogP contribution in [0.3, 0.4) is 0 Å². The van der Waals surface area contributed by atoms with Gasteiger partial charge in [0.1, 0.15) is 0 Å². The van der Waals surface area contributed by atoms with E-state index in [4.69, 9.17) is 11.6 Å². The summed E-state index contributed by atoms with van der Waals surface area (Å²) in [7, 11) is 3.15. The predicted octanol–water partition coefficient (Wildman–Crippen LogP) is 2.25. The Bertz CT molecular complexity index is 1470. The maximum Gasteiger partial charge on any atom is 0.332 e. The number of imidazole rings is 2. The number of aromatic nitrogens is 5. The number of hydrogen-bond acceptors (Lipinski definition) is 5. The second-order valence-electron chi connectivity index (χ2n) is 9.10. The third-order valence-corrected chi connectivity index (χ3v) is 7.14. The highest BCUT2D eigenvalue weighted by Crippen LogP contribution is 2.21. The van der Waals surface area contributed by atoms with E-state index in [0.717, 1.165) is 67.4 Å². The van der Waals surface area contributed by atoms with Gasteiger partial charge in [0.05, 0.1) is 0 Å². The Morgan fingerprint density at radius 3 is 2.47 bits per heavy atom. The van der Waals surface area contributed by atoms with Gasteiger partial charge in [0.2, 0.25) is 5.78 Å². The van der Waals surface area contributed by atoms with E-state index in [1.807, 2.05) is 35.7 Å². The Labute approximate surface area is 202 Å². The number of hydrogen-bond donors (Lipinski definition) is 0. The van der Waals surface area contributed by atoms with Crippen LogP contribution in [0.2, 0.25) is 5.02 Å². The number of nitrogens with zero attached hydrogens (tertiary/aromatic N) is 7. The Morgan fingerprint density at radius 2 is 1.74 bits per heavy atom. The van der Waals surface area contributed by atoms with Crippen molar-refractivity contribution in [2.45, 2.75) is 26.3 Å². The molecule has 34 heavy (non-hydrogen) atoms. The van der Waals surface area contributed by atoms with E-state index in [0.29, 0.717) is 16.9 Å². The number of benzene rings is 1. The molecule has 4 aromatic rings. The van der Waals surface area contributed by atoms with E-state index >= 15 is 0 Å². The van der Waals surface area contributed by atoms with E-state index < -0.39 is 0 Å². The number of rotatable bonds is 6. The van der Waals surface area contributed by atoms with Crippen molar-refractivity contribution in [3.05, 3.63) is 62.0 Å². The van der Waals surface area contributed by atoms with Gasteiger partial charge in [-0.25, -0.2) is 4.79 Å². The number of unbranched alkanes of at least 4 members (excludes halogenated alkanes) is 1. The zero-order valence-electron chi connectivity index (χ0n) is 19.9. The average molecular weight is 484 g/mol. The summed E-state index contributed by atoms with van der Waals surface area (Å²) < 4.78 is 6.53. The van der Waals surface area contributed by atoms with Gasteiger partial charge < -0.3 is 9.47 Å². The van der Waals surface area contributed by atoms with Crippen molar-refractivity contribution in [3.63, 3.8) is 0 Å². The third kappa shape index (κ3) is 3.92. The average Bonchev–Trinajstić information content (AvgIpc) is 3.34. The van der Waals surface area contributed by atoms with Gasteiger partial charge in [-0.1, -0.05) is 17.7 Å². The van der Waals surface area contributed by atoms with Gasteiger partial charge in [0, 0.05) is 69.4 Å². The summed E-state index contributed by atoms with van der Waals surface area (Å²) in [5.41, 5.74) is 2.43. The van der Waals surface area contributed by atoms with Crippen LogP contribution in [0.25, 0.3) is 16.9 Å². The van der Waals surface area contributed by atoms with Gasteiger partial charge in [-0.3, -0.25) is 23.2 Å². The lowest BCUT2D eigenvalue weighted by atomic mass is 10.2. The summed E-state index contributed by atoms with van der Waals surface area (Å²) in [6.07, 6.45) is 4.03. The fourth-order valence-corrected chi connectivity index (χ4v) is 5.10. The van der Waals surface area contributed by atoms with Crippen molar-refractivity contribution < 1.29 is 0 Å². The zero-order chi connectivity index (χ0) is 24.0. The van der Waals surface area contributed by atoms with Crippen molar-refractivity contribution in [3.8, 4) is 0 Å². The minimum Gasteiger partial charge on any atom is -0.369 e. The number of fused-ring (bicyclic) bond motifs is 3. The molecule has 0 aliphatic carbocycles. The number of piperazine rings is 1. The Hall–Kier alpha value is -3.04. The van der Waals surface area contributed by atoms with E-state index in [9.17, 15) is 9.59 Å². The lowest BCUT2D eigenvalue weighted by molar-refractivity contribution is 0.251. The summed E-state index contributed by atoms with van der Waals surface area (Å²) in [6, 6.07) is 8.07. The van der Waals surface area contributed by atoms with Crippen LogP contribution in [0.1, 0.15) is 18.5 Å². The largest absolute Gasteiger partial charge is 0.369 e. The van der Waals surface area contributed by atoms with Crippen LogP contribution in [0.4, 0.5) is 5.69 Å². The molecule has 180 valence electrons. The second-order valence-corrected chi connectivity index (χ2v) is 9.53. The minimum atomic E-state index is -0.364. The summed E-state index contributed by atoms with van der Waals surface area (Å²) in [5, 5.41) is 0.780. The summed E-state index contributed by atoms with van der Waals surface area (Å²) >= 11 is 6.14. The monoisotopic (exact) mass is 483 g/mol. The lowest BCUT2D eigenvalue weighted by Crippen LogP contribution is -2.46. The molecule has 10 heteroatoms. The van der Waals surface area contributed by atoms with Gasteiger partial charge in [-0.05, 0) is 44.5 Å². The Balaban J connectivity index is 1.22. The molecule has 9 nitrogen and oxygen atoms in total. The topological polar surface area (TPSA) is 72.7 Å². The van der Waals surface area contributed by atoms with Crippen molar-refractivity contribution in [2.24, 2.45) is 14.1 Å². The van der Waals surface area contributed by atoms with E-state index in [1.54, 1.807) is 7.05 Å². The highest BCUT2D eigenvalue weighted by atomic mass is 35.5. The molecule has 5 rings (SSSR count). The summed E-state index contributed by atoms with van der Waals surface area (Å²) in [5.74, 6) is 0.709. The van der Waals surface area contributed by atoms with Gasteiger partial charge in [-0.2, -0.15) is 4.98 Å². The predicted molar refractivity (Wildman–Crippen MR) is 135 cm³/mol. The molecule has 1 aromatic carbocycles. The molecule has 1 aliphatic heterocycles. The minimum absolute atomic E-state index is 0.320. The van der Waals surface area contributed by atoms with E-state index in [2.05, 4.69) is 25.4 Å². The Morgan fingerprint density at radius 1 is 1.00 bits per heavy atom. The summed E-state index contributed by atoms with van der Waals surface area (Å²) in [4.78, 5) is 34.6. The molecule has 0 saturated carbocycles. The van der Waals surface area contributed by atoms with Crippen molar-refractivity contribution in [2.75, 3.05) is 37.6 Å². The molecule has 1 aliphatic rings. The molecule has 0 atom stereocenters. The molecule has 0 unspecified atom stereocenters. The highest BCUT2D eigenvalue weighted by molar-refractivity contribution is 6.30. The maximum absolute atomic E-state index is 12.7. The number of aryl methyl sites for hydroxylation is 3. The molecule has 4 heterocycles. The fourth-order valence-electron chi connectivity index (χ4n) is 4.91. The first-order valence-electron chi connectivity index (χ1n) is 11.7. The summed E-state index contributed by atoms with van der Waals surface area (Å²) in [6.45, 7) is 8.01. The molecule has 3 aromatic heterocycles. The third-order valence-electron chi connectivity index (χ3n) is 6.91. The van der Waals surface area contributed by atoms with E-state index in [1.165, 1.54) is 17.3 Å². The molecule has 0 radical (unpaired) electrons. The van der Waals surface area contributed by atoms with Gasteiger partial charge in [0.25, 0.3) is 5.56 Å². The molecule has 0 N–H and O–H groups in total.